The summed E-state index contributed by atoms with van der Waals surface area (Å²) in [6, 6.07) is 10.4. The van der Waals surface area contributed by atoms with E-state index in [4.69, 9.17) is 37.1 Å². The van der Waals surface area contributed by atoms with Crippen LogP contribution in [0.4, 0.5) is 10.5 Å². The summed E-state index contributed by atoms with van der Waals surface area (Å²) in [5.74, 6) is -0.0497. The minimum absolute atomic E-state index is 0.0650. The molecule has 37 heavy (non-hydrogen) atoms. The molecular formula is C26H30ClN5O5. The van der Waals surface area contributed by atoms with E-state index in [0.29, 0.717) is 33.3 Å². The number of aliphatic imine (C=N–C) groups is 1. The lowest BCUT2D eigenvalue weighted by Gasteiger charge is -2.23. The fourth-order valence-electron chi connectivity index (χ4n) is 3.50. The fourth-order valence-corrected chi connectivity index (χ4v) is 3.79. The average Bonchev–Trinajstić information content (AvgIpc) is 3.20. The molecule has 0 unspecified atom stereocenters. The van der Waals surface area contributed by atoms with Crippen molar-refractivity contribution < 1.29 is 23.6 Å². The van der Waals surface area contributed by atoms with Gasteiger partial charge >= 0.3 is 6.09 Å². The number of benzene rings is 2. The zero-order valence-corrected chi connectivity index (χ0v) is 22.3. The van der Waals surface area contributed by atoms with Crippen molar-refractivity contribution in [1.82, 2.24) is 10.1 Å². The van der Waals surface area contributed by atoms with Gasteiger partial charge in [-0.05, 0) is 76.1 Å². The molecule has 3 aromatic rings. The summed E-state index contributed by atoms with van der Waals surface area (Å²) in [5, 5.41) is 4.41. The number of amides is 2. The third-order valence-corrected chi connectivity index (χ3v) is 5.61. The molecule has 10 nitrogen and oxygen atoms in total. The molecule has 0 saturated heterocycles. The van der Waals surface area contributed by atoms with Crippen molar-refractivity contribution in [3.8, 4) is 17.0 Å². The van der Waals surface area contributed by atoms with E-state index in [-0.39, 0.29) is 23.8 Å². The number of hydrogen-bond donors (Lipinski definition) is 2. The summed E-state index contributed by atoms with van der Waals surface area (Å²) < 4.78 is 15.8. The molecule has 4 N–H and O–H groups in total. The van der Waals surface area contributed by atoms with E-state index in [0.717, 1.165) is 10.5 Å². The van der Waals surface area contributed by atoms with E-state index in [2.05, 4.69) is 10.1 Å². The quantitative estimate of drug-likeness (QED) is 0.265. The lowest BCUT2D eigenvalue weighted by atomic mass is 10.0. The summed E-state index contributed by atoms with van der Waals surface area (Å²) in [5.41, 5.74) is 14.2. The lowest BCUT2D eigenvalue weighted by molar-refractivity contribution is 0.0601. The Hall–Kier alpha value is -4.05. The number of anilines is 1. The Morgan fingerprint density at radius 1 is 1.16 bits per heavy atom. The number of rotatable bonds is 5. The van der Waals surface area contributed by atoms with Crippen LogP contribution in [0.15, 0.2) is 45.9 Å². The molecule has 0 atom stereocenters. The zero-order valence-electron chi connectivity index (χ0n) is 21.6. The Bertz CT molecular complexity index is 1320. The van der Waals surface area contributed by atoms with Gasteiger partial charge in [-0.25, -0.2) is 4.79 Å². The van der Waals surface area contributed by atoms with E-state index in [1.165, 1.54) is 0 Å². The fraction of sp³-hybridized carbons (Fsp3) is 0.308. The molecule has 3 rings (SSSR count). The van der Waals surface area contributed by atoms with Gasteiger partial charge < -0.3 is 25.5 Å². The highest BCUT2D eigenvalue weighted by Gasteiger charge is 2.29. The largest absolute Gasteiger partial charge is 0.497 e. The minimum atomic E-state index is -0.938. The highest BCUT2D eigenvalue weighted by molar-refractivity contribution is 6.33. The van der Waals surface area contributed by atoms with Gasteiger partial charge in [0, 0.05) is 5.56 Å². The van der Waals surface area contributed by atoms with E-state index in [9.17, 15) is 9.59 Å². The molecule has 0 bridgehead atoms. The van der Waals surface area contributed by atoms with E-state index < -0.39 is 17.6 Å². The van der Waals surface area contributed by atoms with E-state index >= 15 is 0 Å². The summed E-state index contributed by atoms with van der Waals surface area (Å²) in [4.78, 5) is 31.3. The van der Waals surface area contributed by atoms with Gasteiger partial charge in [0.25, 0.3) is 5.91 Å². The Kier molecular flexibility index (Phi) is 8.12. The monoisotopic (exact) mass is 527 g/mol. The zero-order chi connectivity index (χ0) is 27.5. The van der Waals surface area contributed by atoms with Crippen molar-refractivity contribution in [2.45, 2.75) is 46.8 Å². The summed E-state index contributed by atoms with van der Waals surface area (Å²) in [6.07, 6.45) is -0.938. The van der Waals surface area contributed by atoms with Crippen LogP contribution in [0.5, 0.6) is 5.75 Å². The number of carbonyl (C=O) groups is 2. The Balaban J connectivity index is 2.08. The second kappa shape index (κ2) is 10.9. The Morgan fingerprint density at radius 3 is 2.38 bits per heavy atom. The number of methoxy groups -OCH3 is 1. The molecule has 0 aliphatic rings. The standard InChI is InChI=1S/C26H30ClN5O5/c1-14-11-16(12-19(27)21(14)28)13-32(24(29)30-25(34)36-26(3,4)5)23(33)20-15(2)37-31-22(20)17-7-9-18(35-6)10-8-17/h7-12H,13,28H2,1-6H3,(H2,29,30,34). The van der Waals surface area contributed by atoms with Gasteiger partial charge in [-0.2, -0.15) is 0 Å². The highest BCUT2D eigenvalue weighted by Crippen LogP contribution is 2.30. The second-order valence-electron chi connectivity index (χ2n) is 9.34. The number of nitrogen functional groups attached to an aromatic ring is 1. The van der Waals surface area contributed by atoms with Gasteiger partial charge in [0.15, 0.2) is 0 Å². The Morgan fingerprint density at radius 2 is 1.81 bits per heavy atom. The summed E-state index contributed by atoms with van der Waals surface area (Å²) >= 11 is 6.27. The van der Waals surface area contributed by atoms with Crippen LogP contribution in [-0.4, -0.2) is 40.7 Å². The maximum Gasteiger partial charge on any atom is 0.437 e. The smallest absolute Gasteiger partial charge is 0.437 e. The lowest BCUT2D eigenvalue weighted by Crippen LogP contribution is -2.42. The number of nitrogens with zero attached hydrogens (tertiary/aromatic N) is 3. The van der Waals surface area contributed by atoms with Crippen LogP contribution >= 0.6 is 11.6 Å². The van der Waals surface area contributed by atoms with Gasteiger partial charge in [-0.3, -0.25) is 9.69 Å². The predicted molar refractivity (Wildman–Crippen MR) is 142 cm³/mol. The first kappa shape index (κ1) is 27.5. The van der Waals surface area contributed by atoms with E-state index in [1.54, 1.807) is 78.1 Å². The second-order valence-corrected chi connectivity index (χ2v) is 9.75. The molecule has 0 fully saturated rings. The van der Waals surface area contributed by atoms with Crippen LogP contribution in [0.3, 0.4) is 0 Å². The van der Waals surface area contributed by atoms with E-state index in [1.807, 2.05) is 0 Å². The highest BCUT2D eigenvalue weighted by atomic mass is 35.5. The molecule has 1 aromatic heterocycles. The third-order valence-electron chi connectivity index (χ3n) is 5.30. The minimum Gasteiger partial charge on any atom is -0.497 e. The van der Waals surface area contributed by atoms with Crippen LogP contribution < -0.4 is 16.2 Å². The molecule has 0 aliphatic carbocycles. The first-order valence-corrected chi connectivity index (χ1v) is 11.7. The van der Waals surface area contributed by atoms with Gasteiger partial charge in [-0.15, -0.1) is 4.99 Å². The first-order chi connectivity index (χ1) is 17.3. The molecule has 0 radical (unpaired) electrons. The van der Waals surface area contributed by atoms with Gasteiger partial charge in [0.1, 0.15) is 28.4 Å². The molecule has 0 saturated carbocycles. The molecule has 1 heterocycles. The number of aryl methyl sites for hydroxylation is 2. The number of carbonyl (C=O) groups excluding carboxylic acids is 2. The number of hydrogen-bond acceptors (Lipinski definition) is 7. The first-order valence-electron chi connectivity index (χ1n) is 11.3. The maximum atomic E-state index is 13.9. The van der Waals surface area contributed by atoms with Crippen molar-refractivity contribution in [3.05, 3.63) is 63.9 Å². The Labute approximate surface area is 220 Å². The van der Waals surface area contributed by atoms with Gasteiger partial charge in [-0.1, -0.05) is 22.8 Å². The number of guanidine groups is 1. The topological polar surface area (TPSA) is 146 Å². The van der Waals surface area contributed by atoms with Crippen LogP contribution in [0.25, 0.3) is 11.3 Å². The molecule has 196 valence electrons. The summed E-state index contributed by atoms with van der Waals surface area (Å²) in [7, 11) is 1.56. The van der Waals surface area contributed by atoms with Crippen molar-refractivity contribution in [3.63, 3.8) is 0 Å². The molecule has 0 aliphatic heterocycles. The number of halogens is 1. The molecule has 0 spiro atoms. The number of aromatic nitrogens is 1. The predicted octanol–water partition coefficient (Wildman–Crippen LogP) is 5.09. The average molecular weight is 528 g/mol. The van der Waals surface area contributed by atoms with Crippen LogP contribution in [0.2, 0.25) is 5.02 Å². The van der Waals surface area contributed by atoms with Crippen molar-refractivity contribution >= 4 is 35.2 Å². The number of ether oxygens (including phenoxy) is 2. The SMILES string of the molecule is COc1ccc(-c2noc(C)c2C(=O)N(Cc2cc(C)c(N)c(Cl)c2)C(N)=NC(=O)OC(C)(C)C)cc1. The normalized spacial score (nSPS) is 11.8. The van der Waals surface area contributed by atoms with Crippen LogP contribution in [-0.2, 0) is 11.3 Å². The maximum absolute atomic E-state index is 13.9. The van der Waals surface area contributed by atoms with Crippen molar-refractivity contribution in [1.29, 1.82) is 0 Å². The summed E-state index contributed by atoms with van der Waals surface area (Å²) in [6.45, 7) is 8.42. The molecule has 11 heteroatoms. The van der Waals surface area contributed by atoms with Crippen molar-refractivity contribution in [2.24, 2.45) is 10.7 Å². The van der Waals surface area contributed by atoms with Gasteiger partial charge in [0.05, 0.1) is 24.4 Å². The van der Waals surface area contributed by atoms with Crippen molar-refractivity contribution in [2.75, 3.05) is 12.8 Å². The van der Waals surface area contributed by atoms with Crippen LogP contribution in [0.1, 0.15) is 48.0 Å². The molecular weight excluding hydrogens is 498 g/mol. The third kappa shape index (κ3) is 6.59. The van der Waals surface area contributed by atoms with Crippen LogP contribution in [0, 0.1) is 13.8 Å². The van der Waals surface area contributed by atoms with Gasteiger partial charge in [0.2, 0.25) is 5.96 Å². The molecule has 2 aromatic carbocycles. The molecule has 2 amide bonds. The number of nitrogens with two attached hydrogens (primary N) is 2.